The lowest BCUT2D eigenvalue weighted by molar-refractivity contribution is 0.0695. The van der Waals surface area contributed by atoms with E-state index in [0.29, 0.717) is 32.9 Å². The van der Waals surface area contributed by atoms with E-state index in [1.807, 2.05) is 0 Å². The standard InChI is InChI=1S/C22H16ClN3O4/c1-11-2-7-14(8-15(11)21(28)29)30-22-25-18-9-16(17(23)10-19(18)26-22)12-3-5-13(6-4-12)20(24)27/h2-10H,1H3,(H2,24,27)(H,25,26)(H,28,29). The third-order valence-corrected chi connectivity index (χ3v) is 5.00. The molecule has 0 unspecified atom stereocenters. The van der Waals surface area contributed by atoms with Gasteiger partial charge in [-0.05, 0) is 54.4 Å². The van der Waals surface area contributed by atoms with Gasteiger partial charge in [-0.2, -0.15) is 4.98 Å². The minimum Gasteiger partial charge on any atom is -0.478 e. The van der Waals surface area contributed by atoms with E-state index in [4.69, 9.17) is 22.1 Å². The summed E-state index contributed by atoms with van der Waals surface area (Å²) in [7, 11) is 0. The Morgan fingerprint density at radius 1 is 1.10 bits per heavy atom. The number of halogens is 1. The number of aryl methyl sites for hydroxylation is 1. The summed E-state index contributed by atoms with van der Waals surface area (Å²) in [5, 5.41) is 9.76. The van der Waals surface area contributed by atoms with Crippen molar-refractivity contribution in [3.05, 3.63) is 76.3 Å². The zero-order valence-electron chi connectivity index (χ0n) is 15.8. The van der Waals surface area contributed by atoms with Crippen LogP contribution in [-0.2, 0) is 0 Å². The number of benzene rings is 3. The van der Waals surface area contributed by atoms with Crippen LogP contribution >= 0.6 is 11.6 Å². The monoisotopic (exact) mass is 421 g/mol. The molecule has 4 rings (SSSR count). The summed E-state index contributed by atoms with van der Waals surface area (Å²) in [4.78, 5) is 30.0. The topological polar surface area (TPSA) is 118 Å². The number of fused-ring (bicyclic) bond motifs is 1. The number of carboxylic acids is 1. The highest BCUT2D eigenvalue weighted by Gasteiger charge is 2.13. The van der Waals surface area contributed by atoms with Gasteiger partial charge in [0, 0.05) is 11.1 Å². The molecule has 0 saturated carbocycles. The average Bonchev–Trinajstić information content (AvgIpc) is 3.09. The summed E-state index contributed by atoms with van der Waals surface area (Å²) in [6, 6.07) is 15.3. The van der Waals surface area contributed by atoms with Crippen molar-refractivity contribution in [3.8, 4) is 22.9 Å². The van der Waals surface area contributed by atoms with E-state index < -0.39 is 11.9 Å². The Hall–Kier alpha value is -3.84. The van der Waals surface area contributed by atoms with Crippen LogP contribution in [0.3, 0.4) is 0 Å². The fourth-order valence-electron chi connectivity index (χ4n) is 3.10. The van der Waals surface area contributed by atoms with E-state index in [0.717, 1.165) is 11.1 Å². The third kappa shape index (κ3) is 3.70. The minimum absolute atomic E-state index is 0.161. The number of nitrogens with two attached hydrogens (primary N) is 1. The molecule has 30 heavy (non-hydrogen) atoms. The molecule has 1 amide bonds. The van der Waals surface area contributed by atoms with Crippen molar-refractivity contribution in [1.82, 2.24) is 9.97 Å². The van der Waals surface area contributed by atoms with E-state index >= 15 is 0 Å². The molecule has 150 valence electrons. The van der Waals surface area contributed by atoms with Crippen LogP contribution in [0.4, 0.5) is 0 Å². The number of nitrogens with zero attached hydrogens (tertiary/aromatic N) is 1. The maximum absolute atomic E-state index is 11.3. The second kappa shape index (κ2) is 7.53. The van der Waals surface area contributed by atoms with Gasteiger partial charge in [0.25, 0.3) is 6.01 Å². The minimum atomic E-state index is -1.03. The summed E-state index contributed by atoms with van der Waals surface area (Å²) < 4.78 is 5.71. The number of carbonyl (C=O) groups excluding carboxylic acids is 1. The van der Waals surface area contributed by atoms with Crippen molar-refractivity contribution >= 4 is 34.5 Å². The maximum Gasteiger partial charge on any atom is 0.336 e. The molecule has 4 N–H and O–H groups in total. The van der Waals surface area contributed by atoms with Gasteiger partial charge in [0.05, 0.1) is 21.6 Å². The molecule has 4 aromatic rings. The van der Waals surface area contributed by atoms with Crippen LogP contribution in [0.5, 0.6) is 11.8 Å². The average molecular weight is 422 g/mol. The number of aromatic nitrogens is 2. The first-order chi connectivity index (χ1) is 14.3. The van der Waals surface area contributed by atoms with Gasteiger partial charge in [-0.3, -0.25) is 4.79 Å². The summed E-state index contributed by atoms with van der Waals surface area (Å²) in [5.41, 5.74) is 9.32. The fourth-order valence-corrected chi connectivity index (χ4v) is 3.37. The SMILES string of the molecule is Cc1ccc(Oc2nc3cc(-c4ccc(C(N)=O)cc4)c(Cl)cc3[nH]2)cc1C(=O)O. The molecule has 3 aromatic carbocycles. The largest absolute Gasteiger partial charge is 0.478 e. The third-order valence-electron chi connectivity index (χ3n) is 4.68. The molecule has 7 nitrogen and oxygen atoms in total. The number of hydrogen-bond acceptors (Lipinski definition) is 4. The zero-order valence-corrected chi connectivity index (χ0v) is 16.5. The number of primary amides is 1. The molecular formula is C22H16ClN3O4. The fraction of sp³-hybridized carbons (Fsp3) is 0.0455. The van der Waals surface area contributed by atoms with Crippen LogP contribution < -0.4 is 10.5 Å². The predicted octanol–water partition coefficient (Wildman–Crippen LogP) is 4.78. The zero-order chi connectivity index (χ0) is 21.4. The highest BCUT2D eigenvalue weighted by Crippen LogP contribution is 2.33. The molecule has 0 radical (unpaired) electrons. The smallest absolute Gasteiger partial charge is 0.336 e. The Balaban J connectivity index is 1.67. The molecule has 1 heterocycles. The lowest BCUT2D eigenvalue weighted by Gasteiger charge is -2.05. The van der Waals surface area contributed by atoms with Gasteiger partial charge < -0.3 is 20.6 Å². The van der Waals surface area contributed by atoms with E-state index in [9.17, 15) is 14.7 Å². The number of nitrogens with one attached hydrogen (secondary N) is 1. The van der Waals surface area contributed by atoms with Crippen molar-refractivity contribution in [2.45, 2.75) is 6.92 Å². The lowest BCUT2D eigenvalue weighted by Crippen LogP contribution is -2.10. The molecule has 0 aliphatic rings. The Kier molecular flexibility index (Phi) is 4.89. The summed E-state index contributed by atoms with van der Waals surface area (Å²) in [5.74, 6) is -1.17. The number of carboxylic acid groups (broad SMARTS) is 1. The lowest BCUT2D eigenvalue weighted by atomic mass is 10.0. The van der Waals surface area contributed by atoms with Crippen LogP contribution in [0.15, 0.2) is 54.6 Å². The summed E-state index contributed by atoms with van der Waals surface area (Å²) >= 11 is 6.44. The van der Waals surface area contributed by atoms with Crippen LogP contribution in [0.2, 0.25) is 5.02 Å². The molecule has 0 fully saturated rings. The van der Waals surface area contributed by atoms with Gasteiger partial charge >= 0.3 is 5.97 Å². The molecular weight excluding hydrogens is 406 g/mol. The number of rotatable bonds is 5. The molecule has 0 spiro atoms. The molecule has 0 bridgehead atoms. The van der Waals surface area contributed by atoms with Crippen molar-refractivity contribution in [3.63, 3.8) is 0 Å². The first kappa shape index (κ1) is 19.5. The number of hydrogen-bond donors (Lipinski definition) is 3. The molecule has 0 atom stereocenters. The molecule has 1 aromatic heterocycles. The summed E-state index contributed by atoms with van der Waals surface area (Å²) in [6.45, 7) is 1.72. The number of imidazole rings is 1. The molecule has 0 aliphatic heterocycles. The van der Waals surface area contributed by atoms with Crippen LogP contribution in [0.25, 0.3) is 22.2 Å². The van der Waals surface area contributed by atoms with Gasteiger partial charge in [0.1, 0.15) is 5.75 Å². The number of aromatic carboxylic acids is 1. The van der Waals surface area contributed by atoms with Gasteiger partial charge in [-0.25, -0.2) is 4.79 Å². The van der Waals surface area contributed by atoms with E-state index in [2.05, 4.69) is 9.97 Å². The van der Waals surface area contributed by atoms with Gasteiger partial charge in [-0.1, -0.05) is 29.8 Å². The molecule has 8 heteroatoms. The van der Waals surface area contributed by atoms with Crippen molar-refractivity contribution in [2.75, 3.05) is 0 Å². The number of ether oxygens (including phenoxy) is 1. The highest BCUT2D eigenvalue weighted by molar-refractivity contribution is 6.34. The van der Waals surface area contributed by atoms with Crippen LogP contribution in [0, 0.1) is 6.92 Å². The number of carbonyl (C=O) groups is 2. The van der Waals surface area contributed by atoms with Gasteiger partial charge in [0.15, 0.2) is 0 Å². The Morgan fingerprint density at radius 2 is 1.83 bits per heavy atom. The predicted molar refractivity (Wildman–Crippen MR) is 113 cm³/mol. The highest BCUT2D eigenvalue weighted by atomic mass is 35.5. The number of aromatic amines is 1. The number of amides is 1. The van der Waals surface area contributed by atoms with E-state index in [1.165, 1.54) is 6.07 Å². The van der Waals surface area contributed by atoms with Crippen molar-refractivity contribution in [2.24, 2.45) is 5.73 Å². The second-order valence-corrected chi connectivity index (χ2v) is 7.12. The van der Waals surface area contributed by atoms with Crippen molar-refractivity contribution < 1.29 is 19.4 Å². The van der Waals surface area contributed by atoms with Gasteiger partial charge in [0.2, 0.25) is 5.91 Å². The Labute approximate surface area is 176 Å². The van der Waals surface area contributed by atoms with Crippen LogP contribution in [0.1, 0.15) is 26.3 Å². The maximum atomic E-state index is 11.3. The van der Waals surface area contributed by atoms with Gasteiger partial charge in [-0.15, -0.1) is 0 Å². The van der Waals surface area contributed by atoms with E-state index in [1.54, 1.807) is 55.5 Å². The van der Waals surface area contributed by atoms with Crippen LogP contribution in [-0.4, -0.2) is 27.0 Å². The Morgan fingerprint density at radius 3 is 2.50 bits per heavy atom. The second-order valence-electron chi connectivity index (χ2n) is 6.72. The normalized spacial score (nSPS) is 10.9. The summed E-state index contributed by atoms with van der Waals surface area (Å²) in [6.07, 6.45) is 0. The van der Waals surface area contributed by atoms with E-state index in [-0.39, 0.29) is 11.6 Å². The van der Waals surface area contributed by atoms with Crippen molar-refractivity contribution in [1.29, 1.82) is 0 Å². The molecule has 0 aliphatic carbocycles. The quantitative estimate of drug-likeness (QED) is 0.428. The Bertz CT molecular complexity index is 1300. The number of H-pyrrole nitrogens is 1. The first-order valence-electron chi connectivity index (χ1n) is 8.93. The first-order valence-corrected chi connectivity index (χ1v) is 9.31. The molecule has 0 saturated heterocycles.